The van der Waals surface area contributed by atoms with Crippen LogP contribution >= 0.6 is 0 Å². The molecule has 0 heterocycles. The van der Waals surface area contributed by atoms with Crippen LogP contribution in [0.25, 0.3) is 16.3 Å². The molecule has 0 saturated heterocycles. The summed E-state index contributed by atoms with van der Waals surface area (Å²) in [6.45, 7) is 1.37. The van der Waals surface area contributed by atoms with E-state index in [2.05, 4.69) is 23.2 Å². The van der Waals surface area contributed by atoms with Crippen molar-refractivity contribution in [2.45, 2.75) is 13.0 Å². The summed E-state index contributed by atoms with van der Waals surface area (Å²) in [5.41, 5.74) is 2.37. The Morgan fingerprint density at radius 1 is 1.10 bits per heavy atom. The van der Waals surface area contributed by atoms with E-state index in [9.17, 15) is 9.90 Å². The monoisotopic (exact) mass is 277 g/mol. The van der Waals surface area contributed by atoms with Crippen molar-refractivity contribution in [2.24, 2.45) is 4.99 Å². The highest BCUT2D eigenvalue weighted by molar-refractivity contribution is 6.10. The molecule has 104 valence electrons. The molecule has 3 rings (SSSR count). The SMILES string of the molecule is CC(=O)N=C1C=CC(c2cccc3ccccc23)=CC1O. The van der Waals surface area contributed by atoms with E-state index in [4.69, 9.17) is 0 Å². The van der Waals surface area contributed by atoms with Crippen molar-refractivity contribution >= 4 is 28.0 Å². The van der Waals surface area contributed by atoms with Gasteiger partial charge in [0.2, 0.25) is 5.91 Å². The Hall–Kier alpha value is -2.52. The summed E-state index contributed by atoms with van der Waals surface area (Å²) in [5, 5.41) is 12.4. The number of benzene rings is 2. The summed E-state index contributed by atoms with van der Waals surface area (Å²) in [7, 11) is 0. The molecule has 0 bridgehead atoms. The Morgan fingerprint density at radius 3 is 2.62 bits per heavy atom. The first-order valence-electron chi connectivity index (χ1n) is 6.80. The zero-order valence-electron chi connectivity index (χ0n) is 11.7. The molecule has 1 amide bonds. The zero-order valence-corrected chi connectivity index (χ0v) is 11.7. The van der Waals surface area contributed by atoms with E-state index in [1.807, 2.05) is 30.3 Å². The van der Waals surface area contributed by atoms with E-state index in [0.717, 1.165) is 21.9 Å². The van der Waals surface area contributed by atoms with Crippen LogP contribution in [-0.2, 0) is 4.79 Å². The molecule has 1 aliphatic carbocycles. The third-order valence-corrected chi connectivity index (χ3v) is 3.46. The quantitative estimate of drug-likeness (QED) is 0.870. The van der Waals surface area contributed by atoms with E-state index in [1.54, 1.807) is 12.2 Å². The number of carbonyl (C=O) groups excluding carboxylic acids is 1. The van der Waals surface area contributed by atoms with Gasteiger partial charge in [-0.25, -0.2) is 4.99 Å². The molecule has 0 radical (unpaired) electrons. The fourth-order valence-electron chi connectivity index (χ4n) is 2.53. The van der Waals surface area contributed by atoms with E-state index in [-0.39, 0.29) is 5.91 Å². The highest BCUT2D eigenvalue weighted by Crippen LogP contribution is 2.28. The second-order valence-corrected chi connectivity index (χ2v) is 4.98. The van der Waals surface area contributed by atoms with Crippen molar-refractivity contribution in [3.63, 3.8) is 0 Å². The molecule has 21 heavy (non-hydrogen) atoms. The van der Waals surface area contributed by atoms with Gasteiger partial charge in [0, 0.05) is 6.92 Å². The van der Waals surface area contributed by atoms with Crippen molar-refractivity contribution in [3.05, 3.63) is 66.3 Å². The van der Waals surface area contributed by atoms with Gasteiger partial charge in [-0.1, -0.05) is 48.5 Å². The lowest BCUT2D eigenvalue weighted by Crippen LogP contribution is -2.19. The van der Waals surface area contributed by atoms with Gasteiger partial charge >= 0.3 is 0 Å². The average molecular weight is 277 g/mol. The molecule has 0 spiro atoms. The molecule has 3 nitrogen and oxygen atoms in total. The first-order chi connectivity index (χ1) is 10.1. The topological polar surface area (TPSA) is 49.7 Å². The Bertz CT molecular complexity index is 794. The minimum atomic E-state index is -0.854. The van der Waals surface area contributed by atoms with Crippen LogP contribution in [0.2, 0.25) is 0 Å². The Balaban J connectivity index is 2.06. The van der Waals surface area contributed by atoms with Crippen molar-refractivity contribution in [3.8, 4) is 0 Å². The number of aliphatic hydroxyl groups is 1. The number of rotatable bonds is 1. The van der Waals surface area contributed by atoms with Crippen LogP contribution in [0.1, 0.15) is 12.5 Å². The van der Waals surface area contributed by atoms with Crippen LogP contribution in [0.5, 0.6) is 0 Å². The van der Waals surface area contributed by atoms with Crippen LogP contribution < -0.4 is 0 Å². The molecule has 1 atom stereocenters. The highest BCUT2D eigenvalue weighted by atomic mass is 16.3. The van der Waals surface area contributed by atoms with Crippen molar-refractivity contribution in [2.75, 3.05) is 0 Å². The van der Waals surface area contributed by atoms with E-state index in [0.29, 0.717) is 5.71 Å². The van der Waals surface area contributed by atoms with Gasteiger partial charge in [-0.2, -0.15) is 0 Å². The van der Waals surface area contributed by atoms with Gasteiger partial charge < -0.3 is 5.11 Å². The number of hydrogen-bond acceptors (Lipinski definition) is 2. The predicted octanol–water partition coefficient (Wildman–Crippen LogP) is 3.14. The van der Waals surface area contributed by atoms with E-state index < -0.39 is 6.10 Å². The number of fused-ring (bicyclic) bond motifs is 1. The van der Waals surface area contributed by atoms with Crippen molar-refractivity contribution in [1.29, 1.82) is 0 Å². The Kier molecular flexibility index (Phi) is 3.50. The highest BCUT2D eigenvalue weighted by Gasteiger charge is 2.15. The predicted molar refractivity (Wildman–Crippen MR) is 85.2 cm³/mol. The minimum Gasteiger partial charge on any atom is -0.383 e. The lowest BCUT2D eigenvalue weighted by molar-refractivity contribution is -0.115. The van der Waals surface area contributed by atoms with Crippen LogP contribution in [0.15, 0.2) is 65.7 Å². The lowest BCUT2D eigenvalue weighted by Gasteiger charge is -2.15. The normalized spacial score (nSPS) is 19.8. The molecular weight excluding hydrogens is 262 g/mol. The summed E-state index contributed by atoms with van der Waals surface area (Å²) in [6, 6.07) is 14.2. The molecule has 0 aliphatic heterocycles. The standard InChI is InChI=1S/C18H15NO2/c1-12(20)19-17-10-9-14(11-18(17)21)16-8-4-6-13-5-2-3-7-15(13)16/h2-11,18,21H,1H3. The molecule has 2 aromatic carbocycles. The van der Waals surface area contributed by atoms with Gasteiger partial charge in [0.1, 0.15) is 6.10 Å². The van der Waals surface area contributed by atoms with Crippen molar-refractivity contribution < 1.29 is 9.90 Å². The summed E-state index contributed by atoms with van der Waals surface area (Å²) in [4.78, 5) is 14.8. The number of nitrogens with zero attached hydrogens (tertiary/aromatic N) is 1. The van der Waals surface area contributed by atoms with Crippen LogP contribution in [0.3, 0.4) is 0 Å². The third-order valence-electron chi connectivity index (χ3n) is 3.46. The number of allylic oxidation sites excluding steroid dienone is 2. The number of carbonyl (C=O) groups is 1. The van der Waals surface area contributed by atoms with Gasteiger partial charge in [-0.05, 0) is 34.1 Å². The maximum atomic E-state index is 11.0. The summed E-state index contributed by atoms with van der Waals surface area (Å²) >= 11 is 0. The van der Waals surface area contributed by atoms with E-state index >= 15 is 0 Å². The molecule has 0 saturated carbocycles. The zero-order chi connectivity index (χ0) is 14.8. The molecule has 0 fully saturated rings. The first-order valence-corrected chi connectivity index (χ1v) is 6.80. The Morgan fingerprint density at radius 2 is 1.86 bits per heavy atom. The number of amides is 1. The average Bonchev–Trinajstić information content (AvgIpc) is 2.48. The lowest BCUT2D eigenvalue weighted by atomic mass is 9.93. The van der Waals surface area contributed by atoms with Crippen LogP contribution in [0, 0.1) is 0 Å². The molecule has 0 aromatic heterocycles. The maximum absolute atomic E-state index is 11.0. The third kappa shape index (κ3) is 2.69. The largest absolute Gasteiger partial charge is 0.383 e. The van der Waals surface area contributed by atoms with Crippen molar-refractivity contribution in [1.82, 2.24) is 0 Å². The van der Waals surface area contributed by atoms with E-state index in [1.165, 1.54) is 6.92 Å². The molecule has 1 aliphatic rings. The molecule has 1 unspecified atom stereocenters. The number of hydrogen-bond donors (Lipinski definition) is 1. The first kappa shape index (κ1) is 13.5. The van der Waals surface area contributed by atoms with Gasteiger partial charge in [0.05, 0.1) is 5.71 Å². The number of aliphatic imine (C=N–C) groups is 1. The molecular formula is C18H15NO2. The van der Waals surface area contributed by atoms with Gasteiger partial charge in [-0.3, -0.25) is 4.79 Å². The number of aliphatic hydroxyl groups excluding tert-OH is 1. The fraction of sp³-hybridized carbons (Fsp3) is 0.111. The second-order valence-electron chi connectivity index (χ2n) is 4.98. The van der Waals surface area contributed by atoms with Gasteiger partial charge in [0.25, 0.3) is 0 Å². The smallest absolute Gasteiger partial charge is 0.242 e. The summed E-state index contributed by atoms with van der Waals surface area (Å²) in [5.74, 6) is -0.310. The minimum absolute atomic E-state index is 0.310. The van der Waals surface area contributed by atoms with Gasteiger partial charge in [0.15, 0.2) is 0 Å². The molecule has 1 N–H and O–H groups in total. The van der Waals surface area contributed by atoms with Crippen LogP contribution in [-0.4, -0.2) is 22.8 Å². The Labute approximate surface area is 122 Å². The summed E-state index contributed by atoms with van der Waals surface area (Å²) < 4.78 is 0. The van der Waals surface area contributed by atoms with Crippen LogP contribution in [0.4, 0.5) is 0 Å². The fourth-order valence-corrected chi connectivity index (χ4v) is 2.53. The van der Waals surface area contributed by atoms with Gasteiger partial charge in [-0.15, -0.1) is 0 Å². The summed E-state index contributed by atoms with van der Waals surface area (Å²) in [6.07, 6.45) is 4.45. The second kappa shape index (κ2) is 5.46. The molecule has 2 aromatic rings. The maximum Gasteiger partial charge on any atom is 0.242 e. The molecule has 3 heteroatoms.